The zero-order valence-corrected chi connectivity index (χ0v) is 5.12. The zero-order valence-electron chi connectivity index (χ0n) is 5.12. The summed E-state index contributed by atoms with van der Waals surface area (Å²) in [5.74, 6) is 0. The number of hydrogen-bond donors (Lipinski definition) is 0. The van der Waals surface area contributed by atoms with Gasteiger partial charge in [-0.05, 0) is 12.8 Å². The summed E-state index contributed by atoms with van der Waals surface area (Å²) in [6, 6.07) is 0. The topological polar surface area (TPSA) is 0 Å². The largest absolute Gasteiger partial charge is 0.247 e. The third kappa shape index (κ3) is 5.66. The Balaban J connectivity index is 3.06. The fraction of sp³-hybridized carbons (Fsp3) is 0.833. The van der Waals surface area contributed by atoms with Crippen molar-refractivity contribution in [3.05, 3.63) is 6.92 Å². The molecule has 0 heterocycles. The highest BCUT2D eigenvalue weighted by Gasteiger charge is 2.07. The van der Waals surface area contributed by atoms with Gasteiger partial charge in [-0.1, -0.05) is 6.92 Å². The van der Waals surface area contributed by atoms with E-state index in [1.165, 1.54) is 0 Å². The van der Waals surface area contributed by atoms with Crippen LogP contribution in [0, 0.1) is 6.92 Å². The fourth-order valence-corrected chi connectivity index (χ4v) is 0.451. The van der Waals surface area contributed by atoms with E-state index in [0.717, 1.165) is 0 Å². The van der Waals surface area contributed by atoms with Crippen LogP contribution >= 0.6 is 0 Å². The molecule has 0 aliphatic heterocycles. The highest BCUT2D eigenvalue weighted by Crippen LogP contribution is 2.10. The van der Waals surface area contributed by atoms with Crippen LogP contribution in [0.3, 0.4) is 0 Å². The lowest BCUT2D eigenvalue weighted by atomic mass is 10.2. The van der Waals surface area contributed by atoms with Crippen molar-refractivity contribution in [3.63, 3.8) is 0 Å². The molecule has 9 heavy (non-hydrogen) atoms. The number of alkyl halides is 3. The second kappa shape index (κ2) is 4.65. The molecule has 55 valence electrons. The van der Waals surface area contributed by atoms with Crippen LogP contribution in [0.5, 0.6) is 0 Å². The maximum Gasteiger partial charge on any atom is 0.238 e. The predicted octanol–water partition coefficient (Wildman–Crippen LogP) is 2.59. The van der Waals surface area contributed by atoms with Gasteiger partial charge in [0.25, 0.3) is 0 Å². The normalized spacial score (nSPS) is 14.3. The first-order valence-electron chi connectivity index (χ1n) is 2.88. The Morgan fingerprint density at radius 2 is 1.67 bits per heavy atom. The van der Waals surface area contributed by atoms with E-state index in [0.29, 0.717) is 0 Å². The van der Waals surface area contributed by atoms with Gasteiger partial charge in [0.2, 0.25) is 6.43 Å². The first-order chi connectivity index (χ1) is 4.16. The Morgan fingerprint density at radius 3 is 2.00 bits per heavy atom. The second-order valence-electron chi connectivity index (χ2n) is 1.85. The van der Waals surface area contributed by atoms with E-state index < -0.39 is 12.6 Å². The van der Waals surface area contributed by atoms with Crippen LogP contribution in [-0.4, -0.2) is 12.6 Å². The molecule has 0 aliphatic carbocycles. The van der Waals surface area contributed by atoms with Gasteiger partial charge in [-0.25, -0.2) is 13.2 Å². The molecule has 0 nitrogen and oxygen atoms in total. The van der Waals surface area contributed by atoms with Crippen LogP contribution in [-0.2, 0) is 0 Å². The van der Waals surface area contributed by atoms with Crippen LogP contribution in [0.4, 0.5) is 13.2 Å². The summed E-state index contributed by atoms with van der Waals surface area (Å²) >= 11 is 0. The third-order valence-corrected chi connectivity index (χ3v) is 1.01. The molecular weight excluding hydrogens is 129 g/mol. The Kier molecular flexibility index (Phi) is 4.54. The highest BCUT2D eigenvalue weighted by atomic mass is 19.3. The van der Waals surface area contributed by atoms with Gasteiger partial charge in [-0.2, -0.15) is 0 Å². The minimum absolute atomic E-state index is 0.0683. The quantitative estimate of drug-likeness (QED) is 0.561. The summed E-state index contributed by atoms with van der Waals surface area (Å²) in [6.07, 6.45) is -3.86. The predicted molar refractivity (Wildman–Crippen MR) is 30.1 cm³/mol. The van der Waals surface area contributed by atoms with Crippen molar-refractivity contribution in [1.82, 2.24) is 0 Å². The van der Waals surface area contributed by atoms with Crippen LogP contribution in [0.15, 0.2) is 0 Å². The van der Waals surface area contributed by atoms with Crippen LogP contribution in [0.2, 0.25) is 0 Å². The van der Waals surface area contributed by atoms with Crippen molar-refractivity contribution in [1.29, 1.82) is 0 Å². The molecule has 0 N–H and O–H groups in total. The monoisotopic (exact) mass is 139 g/mol. The van der Waals surface area contributed by atoms with Crippen molar-refractivity contribution in [2.75, 3.05) is 0 Å². The summed E-state index contributed by atoms with van der Waals surface area (Å²) in [6.45, 7) is 3.24. The Morgan fingerprint density at radius 1 is 1.11 bits per heavy atom. The number of halogens is 3. The van der Waals surface area contributed by atoms with E-state index in [2.05, 4.69) is 6.92 Å². The second-order valence-corrected chi connectivity index (χ2v) is 1.85. The lowest BCUT2D eigenvalue weighted by Gasteiger charge is -2.02. The fourth-order valence-electron chi connectivity index (χ4n) is 0.451. The summed E-state index contributed by atoms with van der Waals surface area (Å²) in [4.78, 5) is 0. The van der Waals surface area contributed by atoms with E-state index >= 15 is 0 Å². The van der Waals surface area contributed by atoms with E-state index in [9.17, 15) is 13.2 Å². The van der Waals surface area contributed by atoms with E-state index in [4.69, 9.17) is 0 Å². The first kappa shape index (κ1) is 8.79. The molecule has 0 saturated heterocycles. The van der Waals surface area contributed by atoms with E-state index in [-0.39, 0.29) is 19.3 Å². The lowest BCUT2D eigenvalue weighted by molar-refractivity contribution is 0.121. The molecule has 0 fully saturated rings. The van der Waals surface area contributed by atoms with Gasteiger partial charge in [0, 0.05) is 6.42 Å². The summed E-state index contributed by atoms with van der Waals surface area (Å²) in [5.41, 5.74) is 0. The molecule has 3 heteroatoms. The Labute approximate surface area is 53.1 Å². The molecule has 0 spiro atoms. The zero-order chi connectivity index (χ0) is 7.28. The molecule has 1 atom stereocenters. The van der Waals surface area contributed by atoms with Crippen molar-refractivity contribution in [2.24, 2.45) is 0 Å². The average molecular weight is 139 g/mol. The molecular formula is C6H10F3. The van der Waals surface area contributed by atoms with Crippen molar-refractivity contribution >= 4 is 0 Å². The van der Waals surface area contributed by atoms with Gasteiger partial charge in [0.05, 0.1) is 0 Å². The summed E-state index contributed by atoms with van der Waals surface area (Å²) in [5, 5.41) is 0. The van der Waals surface area contributed by atoms with E-state index in [1.807, 2.05) is 0 Å². The van der Waals surface area contributed by atoms with E-state index in [1.54, 1.807) is 0 Å². The number of rotatable bonds is 4. The molecule has 0 aromatic heterocycles. The van der Waals surface area contributed by atoms with Gasteiger partial charge in [-0.15, -0.1) is 0 Å². The first-order valence-corrected chi connectivity index (χ1v) is 2.88. The summed E-state index contributed by atoms with van der Waals surface area (Å²) in [7, 11) is 0. The molecule has 0 bridgehead atoms. The minimum atomic E-state index is -2.38. The van der Waals surface area contributed by atoms with Crippen molar-refractivity contribution in [2.45, 2.75) is 31.9 Å². The van der Waals surface area contributed by atoms with Crippen LogP contribution in [0.1, 0.15) is 19.3 Å². The Hall–Kier alpha value is -0.210. The molecule has 0 unspecified atom stereocenters. The highest BCUT2D eigenvalue weighted by molar-refractivity contribution is 4.57. The molecule has 0 amide bonds. The van der Waals surface area contributed by atoms with Gasteiger partial charge in [0.1, 0.15) is 6.17 Å². The molecule has 0 rings (SSSR count). The molecule has 0 aromatic rings. The van der Waals surface area contributed by atoms with Gasteiger partial charge >= 0.3 is 0 Å². The van der Waals surface area contributed by atoms with Gasteiger partial charge in [-0.3, -0.25) is 0 Å². The third-order valence-electron chi connectivity index (χ3n) is 1.01. The standard InChI is InChI=1S/C6H10F3/c1-2-5(7)3-4-6(8)9/h5-6H,1-4H2/t5-/m0/s1. The van der Waals surface area contributed by atoms with Crippen molar-refractivity contribution < 1.29 is 13.2 Å². The minimum Gasteiger partial charge on any atom is -0.247 e. The maximum atomic E-state index is 12.1. The number of hydrogen-bond acceptors (Lipinski definition) is 0. The van der Waals surface area contributed by atoms with Crippen molar-refractivity contribution in [3.8, 4) is 0 Å². The Bertz CT molecular complexity index is 63.3. The maximum absolute atomic E-state index is 12.1. The molecule has 0 aromatic carbocycles. The molecule has 0 saturated carbocycles. The molecule has 0 aliphatic rings. The molecule has 1 radical (unpaired) electrons. The van der Waals surface area contributed by atoms with Crippen LogP contribution < -0.4 is 0 Å². The van der Waals surface area contributed by atoms with Crippen LogP contribution in [0.25, 0.3) is 0 Å². The summed E-state index contributed by atoms with van der Waals surface area (Å²) < 4.78 is 34.8. The smallest absolute Gasteiger partial charge is 0.238 e. The average Bonchev–Trinajstić information content (AvgIpc) is 1.83. The van der Waals surface area contributed by atoms with Gasteiger partial charge < -0.3 is 0 Å². The SMILES string of the molecule is [CH2]C[C@H](F)CCC(F)F. The lowest BCUT2D eigenvalue weighted by Crippen LogP contribution is -2.01. The van der Waals surface area contributed by atoms with Gasteiger partial charge in [0.15, 0.2) is 0 Å².